The van der Waals surface area contributed by atoms with Gasteiger partial charge in [-0.3, -0.25) is 0 Å². The summed E-state index contributed by atoms with van der Waals surface area (Å²) in [5.74, 6) is 0.771. The maximum Gasteiger partial charge on any atom is 0.352 e. The zero-order valence-electron chi connectivity index (χ0n) is 8.60. The van der Waals surface area contributed by atoms with E-state index in [2.05, 4.69) is 0 Å². The number of hydrogen-bond donors (Lipinski definition) is 1. The Morgan fingerprint density at radius 1 is 1.40 bits per heavy atom. The van der Waals surface area contributed by atoms with E-state index in [-0.39, 0.29) is 0 Å². The minimum atomic E-state index is -0.803. The average molecular weight is 205 g/mol. The van der Waals surface area contributed by atoms with Crippen LogP contribution < -0.4 is 0 Å². The molecule has 1 heterocycles. The molecule has 15 heavy (non-hydrogen) atoms. The largest absolute Gasteiger partial charge is 0.477 e. The molecule has 1 aromatic rings. The molecule has 2 aliphatic rings. The first-order chi connectivity index (χ1) is 7.25. The number of hydrogen-bond acceptors (Lipinski definition) is 1. The number of carboxylic acids is 1. The average Bonchev–Trinajstić information content (AvgIpc) is 2.92. The van der Waals surface area contributed by atoms with Crippen LogP contribution in [0.2, 0.25) is 0 Å². The minimum Gasteiger partial charge on any atom is -0.477 e. The molecule has 0 aromatic carbocycles. The Hall–Kier alpha value is -1.25. The van der Waals surface area contributed by atoms with Crippen molar-refractivity contribution in [2.75, 3.05) is 0 Å². The highest BCUT2D eigenvalue weighted by atomic mass is 16.4. The van der Waals surface area contributed by atoms with Gasteiger partial charge < -0.3 is 9.67 Å². The van der Waals surface area contributed by atoms with Crippen LogP contribution in [0.25, 0.3) is 0 Å². The van der Waals surface area contributed by atoms with E-state index in [4.69, 9.17) is 5.11 Å². The zero-order chi connectivity index (χ0) is 10.4. The van der Waals surface area contributed by atoms with Crippen molar-refractivity contribution in [2.45, 2.75) is 31.7 Å². The van der Waals surface area contributed by atoms with Gasteiger partial charge in [0.15, 0.2) is 0 Å². The summed E-state index contributed by atoms with van der Waals surface area (Å²) in [5.41, 5.74) is 0.451. The lowest BCUT2D eigenvalue weighted by atomic mass is 9.95. The lowest BCUT2D eigenvalue weighted by molar-refractivity contribution is 0.0680. The van der Waals surface area contributed by atoms with E-state index in [9.17, 15) is 4.79 Å². The highest BCUT2D eigenvalue weighted by Gasteiger charge is 2.41. The van der Waals surface area contributed by atoms with E-state index in [0.29, 0.717) is 11.7 Å². The van der Waals surface area contributed by atoms with Crippen LogP contribution in [0.1, 0.15) is 42.2 Å². The summed E-state index contributed by atoms with van der Waals surface area (Å²) in [6, 6.07) is 3.99. The minimum absolute atomic E-state index is 0.449. The number of nitrogens with zero attached hydrogens (tertiary/aromatic N) is 1. The van der Waals surface area contributed by atoms with Gasteiger partial charge in [0, 0.05) is 12.2 Å². The van der Waals surface area contributed by atoms with Crippen LogP contribution in [0.5, 0.6) is 0 Å². The summed E-state index contributed by atoms with van der Waals surface area (Å²) >= 11 is 0. The van der Waals surface area contributed by atoms with Gasteiger partial charge in [-0.05, 0) is 43.2 Å². The van der Waals surface area contributed by atoms with Gasteiger partial charge in [-0.1, -0.05) is 6.42 Å². The molecule has 2 bridgehead atoms. The van der Waals surface area contributed by atoms with Crippen LogP contribution in [-0.2, 0) is 0 Å². The molecule has 3 unspecified atom stereocenters. The standard InChI is InChI=1S/C12H15NO2/c14-12(15)10-2-1-5-13(10)11-7-8-3-4-9(11)6-8/h1-2,5,8-9,11H,3-4,6-7H2,(H,14,15). The van der Waals surface area contributed by atoms with Crippen LogP contribution >= 0.6 is 0 Å². The molecule has 0 radical (unpaired) electrons. The second-order valence-corrected chi connectivity index (χ2v) is 4.85. The van der Waals surface area contributed by atoms with E-state index in [0.717, 1.165) is 11.8 Å². The molecule has 2 aliphatic carbocycles. The maximum absolute atomic E-state index is 11.0. The number of carboxylic acid groups (broad SMARTS) is 1. The number of rotatable bonds is 2. The van der Waals surface area contributed by atoms with Crippen molar-refractivity contribution in [3.63, 3.8) is 0 Å². The molecule has 3 heteroatoms. The Kier molecular flexibility index (Phi) is 1.87. The Labute approximate surface area is 88.7 Å². The fraction of sp³-hybridized carbons (Fsp3) is 0.583. The van der Waals surface area contributed by atoms with Gasteiger partial charge in [0.05, 0.1) is 0 Å². The van der Waals surface area contributed by atoms with Crippen molar-refractivity contribution < 1.29 is 9.90 Å². The van der Waals surface area contributed by atoms with Gasteiger partial charge in [0.1, 0.15) is 5.69 Å². The third-order valence-electron chi connectivity index (χ3n) is 4.06. The number of aromatic carboxylic acids is 1. The first kappa shape index (κ1) is 9.01. The summed E-state index contributed by atoms with van der Waals surface area (Å²) in [5, 5.41) is 9.06. The summed E-state index contributed by atoms with van der Waals surface area (Å²) in [6.45, 7) is 0. The van der Waals surface area contributed by atoms with Crippen molar-refractivity contribution in [3.8, 4) is 0 Å². The zero-order valence-corrected chi connectivity index (χ0v) is 8.60. The molecule has 2 fully saturated rings. The molecule has 1 aromatic heterocycles. The van der Waals surface area contributed by atoms with Crippen molar-refractivity contribution in [1.82, 2.24) is 4.57 Å². The van der Waals surface area contributed by atoms with Gasteiger partial charge in [-0.25, -0.2) is 4.79 Å². The smallest absolute Gasteiger partial charge is 0.352 e. The van der Waals surface area contributed by atoms with Crippen molar-refractivity contribution in [1.29, 1.82) is 0 Å². The second-order valence-electron chi connectivity index (χ2n) is 4.85. The maximum atomic E-state index is 11.0. The van der Waals surface area contributed by atoms with E-state index in [1.54, 1.807) is 6.07 Å². The molecule has 3 atom stereocenters. The molecule has 0 amide bonds. The first-order valence-corrected chi connectivity index (χ1v) is 5.66. The third-order valence-corrected chi connectivity index (χ3v) is 4.06. The molecule has 3 nitrogen and oxygen atoms in total. The highest BCUT2D eigenvalue weighted by Crippen LogP contribution is 2.50. The number of fused-ring (bicyclic) bond motifs is 2. The second kappa shape index (κ2) is 3.12. The topological polar surface area (TPSA) is 42.2 Å². The lowest BCUT2D eigenvalue weighted by Gasteiger charge is -2.24. The summed E-state index contributed by atoms with van der Waals surface area (Å²) in [7, 11) is 0. The van der Waals surface area contributed by atoms with Crippen LogP contribution in [0.15, 0.2) is 18.3 Å². The van der Waals surface area contributed by atoms with E-state index in [1.165, 1.54) is 25.7 Å². The number of carbonyl (C=O) groups is 1. The lowest BCUT2D eigenvalue weighted by Crippen LogP contribution is -2.19. The van der Waals surface area contributed by atoms with E-state index < -0.39 is 5.97 Å². The van der Waals surface area contributed by atoms with Crippen LogP contribution in [0.3, 0.4) is 0 Å². The summed E-state index contributed by atoms with van der Waals surface area (Å²) in [6.07, 6.45) is 7.05. The fourth-order valence-electron chi connectivity index (χ4n) is 3.42. The Morgan fingerprint density at radius 2 is 2.27 bits per heavy atom. The Morgan fingerprint density at radius 3 is 2.87 bits per heavy atom. The molecule has 2 saturated carbocycles. The molecule has 0 aliphatic heterocycles. The SMILES string of the molecule is O=C(O)c1cccn1C1CC2CCC1C2. The predicted molar refractivity (Wildman–Crippen MR) is 55.9 cm³/mol. The molecule has 80 valence electrons. The number of aromatic nitrogens is 1. The third kappa shape index (κ3) is 1.29. The van der Waals surface area contributed by atoms with Gasteiger partial charge in [0.2, 0.25) is 0 Å². The molecule has 0 saturated heterocycles. The summed E-state index contributed by atoms with van der Waals surface area (Å²) in [4.78, 5) is 11.0. The molecule has 0 spiro atoms. The van der Waals surface area contributed by atoms with Gasteiger partial charge in [0.25, 0.3) is 0 Å². The van der Waals surface area contributed by atoms with Crippen LogP contribution in [-0.4, -0.2) is 15.6 Å². The van der Waals surface area contributed by atoms with Crippen molar-refractivity contribution in [3.05, 3.63) is 24.0 Å². The molecular weight excluding hydrogens is 190 g/mol. The van der Waals surface area contributed by atoms with Gasteiger partial charge >= 0.3 is 5.97 Å². The van der Waals surface area contributed by atoms with Crippen molar-refractivity contribution in [2.24, 2.45) is 11.8 Å². The molecular formula is C12H15NO2. The summed E-state index contributed by atoms with van der Waals surface area (Å²) < 4.78 is 1.98. The van der Waals surface area contributed by atoms with Gasteiger partial charge in [-0.2, -0.15) is 0 Å². The fourth-order valence-corrected chi connectivity index (χ4v) is 3.42. The molecule has 1 N–H and O–H groups in total. The normalized spacial score (nSPS) is 33.5. The Balaban J connectivity index is 1.93. The van der Waals surface area contributed by atoms with Crippen LogP contribution in [0.4, 0.5) is 0 Å². The quantitative estimate of drug-likeness (QED) is 0.806. The van der Waals surface area contributed by atoms with E-state index in [1.807, 2.05) is 16.8 Å². The Bertz CT molecular complexity index is 396. The first-order valence-electron chi connectivity index (χ1n) is 5.66. The van der Waals surface area contributed by atoms with Crippen molar-refractivity contribution >= 4 is 5.97 Å². The predicted octanol–water partition coefficient (Wildman–Crippen LogP) is 2.55. The highest BCUT2D eigenvalue weighted by molar-refractivity contribution is 5.85. The van der Waals surface area contributed by atoms with Gasteiger partial charge in [-0.15, -0.1) is 0 Å². The molecule has 3 rings (SSSR count). The monoisotopic (exact) mass is 205 g/mol. The van der Waals surface area contributed by atoms with E-state index >= 15 is 0 Å². The van der Waals surface area contributed by atoms with Crippen LogP contribution in [0, 0.1) is 11.8 Å².